The second-order valence-corrected chi connectivity index (χ2v) is 6.50. The van der Waals surface area contributed by atoms with E-state index in [4.69, 9.17) is 11.6 Å². The molecule has 1 aliphatic carbocycles. The molecule has 2 amide bonds. The van der Waals surface area contributed by atoms with Gasteiger partial charge in [-0.25, -0.2) is 0 Å². The minimum Gasteiger partial charge on any atom is -0.348 e. The van der Waals surface area contributed by atoms with Crippen LogP contribution in [0.3, 0.4) is 0 Å². The van der Waals surface area contributed by atoms with Gasteiger partial charge in [0.2, 0.25) is 0 Å². The SMILES string of the molecule is C[C@@H](NC(=O)C[NH+](C)CC(=O)Nc1ccc(Cl)cc1)C1CC1. The summed E-state index contributed by atoms with van der Waals surface area (Å²) in [4.78, 5) is 24.7. The first kappa shape index (κ1) is 16.8. The number of rotatable bonds is 7. The summed E-state index contributed by atoms with van der Waals surface area (Å²) in [7, 11) is 1.84. The van der Waals surface area contributed by atoms with Gasteiger partial charge in [-0.05, 0) is 49.9 Å². The highest BCUT2D eigenvalue weighted by Gasteiger charge is 2.29. The third kappa shape index (κ3) is 5.66. The Labute approximate surface area is 136 Å². The van der Waals surface area contributed by atoms with Crippen LogP contribution in [-0.2, 0) is 9.59 Å². The lowest BCUT2D eigenvalue weighted by Crippen LogP contribution is -3.11. The number of carbonyl (C=O) groups is 2. The predicted molar refractivity (Wildman–Crippen MR) is 87.0 cm³/mol. The molecule has 0 aromatic heterocycles. The summed E-state index contributed by atoms with van der Waals surface area (Å²) in [5.41, 5.74) is 0.703. The molecule has 0 aliphatic heterocycles. The molecule has 0 heterocycles. The van der Waals surface area contributed by atoms with Crippen LogP contribution in [0.15, 0.2) is 24.3 Å². The second kappa shape index (κ2) is 7.61. The summed E-state index contributed by atoms with van der Waals surface area (Å²) < 4.78 is 0. The zero-order chi connectivity index (χ0) is 16.1. The van der Waals surface area contributed by atoms with Crippen molar-refractivity contribution in [3.05, 3.63) is 29.3 Å². The topological polar surface area (TPSA) is 62.6 Å². The summed E-state index contributed by atoms with van der Waals surface area (Å²) in [6.45, 7) is 2.58. The molecule has 1 aliphatic rings. The van der Waals surface area contributed by atoms with Crippen LogP contribution in [0.25, 0.3) is 0 Å². The van der Waals surface area contributed by atoms with Gasteiger partial charge in [0.25, 0.3) is 11.8 Å². The number of hydrogen-bond acceptors (Lipinski definition) is 2. The zero-order valence-electron chi connectivity index (χ0n) is 13.0. The number of amides is 2. The normalized spacial score (nSPS) is 16.7. The van der Waals surface area contributed by atoms with Crippen LogP contribution in [0, 0.1) is 5.92 Å². The van der Waals surface area contributed by atoms with Crippen LogP contribution in [-0.4, -0.2) is 38.0 Å². The molecule has 3 N–H and O–H groups in total. The van der Waals surface area contributed by atoms with Gasteiger partial charge in [-0.3, -0.25) is 9.59 Å². The number of quaternary nitrogens is 1. The lowest BCUT2D eigenvalue weighted by molar-refractivity contribution is -0.862. The van der Waals surface area contributed by atoms with E-state index in [1.807, 2.05) is 14.0 Å². The smallest absolute Gasteiger partial charge is 0.279 e. The molecule has 0 radical (unpaired) electrons. The number of nitrogens with one attached hydrogen (secondary N) is 3. The number of anilines is 1. The molecular formula is C16H23ClN3O2+. The van der Waals surface area contributed by atoms with Gasteiger partial charge in [0.05, 0.1) is 7.05 Å². The Morgan fingerprint density at radius 3 is 2.41 bits per heavy atom. The first-order chi connectivity index (χ1) is 10.4. The number of hydrogen-bond donors (Lipinski definition) is 3. The predicted octanol–water partition coefficient (Wildman–Crippen LogP) is 0.708. The highest BCUT2D eigenvalue weighted by atomic mass is 35.5. The van der Waals surface area contributed by atoms with Crippen molar-refractivity contribution in [3.63, 3.8) is 0 Å². The molecule has 22 heavy (non-hydrogen) atoms. The maximum atomic E-state index is 11.9. The summed E-state index contributed by atoms with van der Waals surface area (Å²) in [6, 6.07) is 7.18. The lowest BCUT2D eigenvalue weighted by Gasteiger charge is -2.16. The van der Waals surface area contributed by atoms with Crippen LogP contribution in [0.5, 0.6) is 0 Å². The highest BCUT2D eigenvalue weighted by molar-refractivity contribution is 6.30. The summed E-state index contributed by atoms with van der Waals surface area (Å²) in [5.74, 6) is 0.511. The Bertz CT molecular complexity index is 529. The number of benzene rings is 1. The molecule has 0 spiro atoms. The van der Waals surface area contributed by atoms with Crippen LogP contribution in [0.4, 0.5) is 5.69 Å². The van der Waals surface area contributed by atoms with E-state index in [1.54, 1.807) is 24.3 Å². The van der Waals surface area contributed by atoms with Crippen molar-refractivity contribution in [2.24, 2.45) is 5.92 Å². The van der Waals surface area contributed by atoms with E-state index in [-0.39, 0.29) is 24.4 Å². The van der Waals surface area contributed by atoms with E-state index in [9.17, 15) is 9.59 Å². The van der Waals surface area contributed by atoms with Crippen molar-refractivity contribution < 1.29 is 14.5 Å². The molecule has 0 bridgehead atoms. The van der Waals surface area contributed by atoms with Crippen molar-refractivity contribution in [3.8, 4) is 0 Å². The third-order valence-corrected chi connectivity index (χ3v) is 4.02. The van der Waals surface area contributed by atoms with E-state index >= 15 is 0 Å². The van der Waals surface area contributed by atoms with Crippen molar-refractivity contribution in [1.82, 2.24) is 5.32 Å². The van der Waals surface area contributed by atoms with Gasteiger partial charge in [0, 0.05) is 16.8 Å². The van der Waals surface area contributed by atoms with E-state index in [0.717, 1.165) is 4.90 Å². The van der Waals surface area contributed by atoms with Gasteiger partial charge in [-0.15, -0.1) is 0 Å². The second-order valence-electron chi connectivity index (χ2n) is 6.06. The van der Waals surface area contributed by atoms with Crippen LogP contribution in [0.2, 0.25) is 5.02 Å². The molecule has 0 saturated heterocycles. The molecule has 1 aromatic carbocycles. The summed E-state index contributed by atoms with van der Waals surface area (Å²) in [5, 5.41) is 6.41. The Kier molecular flexibility index (Phi) is 5.80. The van der Waals surface area contributed by atoms with Crippen molar-refractivity contribution in [1.29, 1.82) is 0 Å². The Morgan fingerprint density at radius 1 is 1.23 bits per heavy atom. The van der Waals surface area contributed by atoms with Crippen molar-refractivity contribution >= 4 is 29.1 Å². The average Bonchev–Trinajstić information content (AvgIpc) is 3.25. The molecular weight excluding hydrogens is 302 g/mol. The lowest BCUT2D eigenvalue weighted by atomic mass is 10.2. The minimum absolute atomic E-state index is 0.00353. The van der Waals surface area contributed by atoms with Gasteiger partial charge in [-0.2, -0.15) is 0 Å². The Morgan fingerprint density at radius 2 is 1.82 bits per heavy atom. The minimum atomic E-state index is -0.122. The van der Waals surface area contributed by atoms with Gasteiger partial charge in [0.1, 0.15) is 0 Å². The first-order valence-corrected chi connectivity index (χ1v) is 7.98. The molecule has 1 aromatic rings. The maximum absolute atomic E-state index is 11.9. The van der Waals surface area contributed by atoms with Gasteiger partial charge in [0.15, 0.2) is 13.1 Å². The van der Waals surface area contributed by atoms with Crippen LogP contribution >= 0.6 is 11.6 Å². The molecule has 1 saturated carbocycles. The Hall–Kier alpha value is -1.59. The highest BCUT2D eigenvalue weighted by Crippen LogP contribution is 2.32. The van der Waals surface area contributed by atoms with Gasteiger partial charge < -0.3 is 15.5 Å². The fourth-order valence-corrected chi connectivity index (χ4v) is 2.49. The quantitative estimate of drug-likeness (QED) is 0.691. The zero-order valence-corrected chi connectivity index (χ0v) is 13.7. The van der Waals surface area contributed by atoms with Crippen molar-refractivity contribution in [2.75, 3.05) is 25.5 Å². The molecule has 120 valence electrons. The number of carbonyl (C=O) groups excluding carboxylic acids is 2. The Balaban J connectivity index is 1.71. The number of halogens is 1. The fourth-order valence-electron chi connectivity index (χ4n) is 2.37. The van der Waals surface area contributed by atoms with E-state index in [0.29, 0.717) is 23.2 Å². The molecule has 6 heteroatoms. The van der Waals surface area contributed by atoms with Crippen LogP contribution in [0.1, 0.15) is 19.8 Å². The molecule has 2 rings (SSSR count). The van der Waals surface area contributed by atoms with E-state index in [2.05, 4.69) is 10.6 Å². The fraction of sp³-hybridized carbons (Fsp3) is 0.500. The molecule has 1 unspecified atom stereocenters. The first-order valence-electron chi connectivity index (χ1n) is 7.60. The maximum Gasteiger partial charge on any atom is 0.279 e. The molecule has 2 atom stereocenters. The standard InChI is InChI=1S/C16H22ClN3O2/c1-11(12-3-4-12)18-15(21)9-20(2)10-16(22)19-14-7-5-13(17)6-8-14/h5-8,11-12H,3-4,9-10H2,1-2H3,(H,18,21)(H,19,22)/p+1/t11-/m1/s1. The summed E-state index contributed by atoms with van der Waals surface area (Å²) >= 11 is 5.80. The largest absolute Gasteiger partial charge is 0.348 e. The molecule has 5 nitrogen and oxygen atoms in total. The van der Waals surface area contributed by atoms with Crippen molar-refractivity contribution in [2.45, 2.75) is 25.8 Å². The third-order valence-electron chi connectivity index (χ3n) is 3.77. The monoisotopic (exact) mass is 324 g/mol. The van der Waals surface area contributed by atoms with E-state index in [1.165, 1.54) is 12.8 Å². The van der Waals surface area contributed by atoms with Gasteiger partial charge in [-0.1, -0.05) is 11.6 Å². The van der Waals surface area contributed by atoms with E-state index < -0.39 is 0 Å². The van der Waals surface area contributed by atoms with Gasteiger partial charge >= 0.3 is 0 Å². The summed E-state index contributed by atoms with van der Waals surface area (Å²) in [6.07, 6.45) is 2.40. The van der Waals surface area contributed by atoms with Crippen LogP contribution < -0.4 is 15.5 Å². The molecule has 1 fully saturated rings. The number of likely N-dealkylation sites (N-methyl/N-ethyl adjacent to an activating group) is 1. The average molecular weight is 325 g/mol.